The summed E-state index contributed by atoms with van der Waals surface area (Å²) in [6.45, 7) is 1.82. The molecule has 0 saturated heterocycles. The molecule has 0 atom stereocenters. The van der Waals surface area contributed by atoms with E-state index in [9.17, 15) is 4.39 Å². The third kappa shape index (κ3) is 2.73. The van der Waals surface area contributed by atoms with Crippen molar-refractivity contribution in [1.82, 2.24) is 10.1 Å². The standard InChI is InChI=1S/C15H11ClFN3O/c1-9-13(8-21-20-9)19-14-7-3-6-12(18-14)10-4-2-5-11(17)15(10)16/h2-8H,1H3,(H,18,19). The van der Waals surface area contributed by atoms with Crippen LogP contribution in [0.15, 0.2) is 47.2 Å². The first-order valence-electron chi connectivity index (χ1n) is 6.24. The topological polar surface area (TPSA) is 51.0 Å². The average Bonchev–Trinajstić information content (AvgIpc) is 2.88. The maximum Gasteiger partial charge on any atom is 0.147 e. The van der Waals surface area contributed by atoms with Crippen LogP contribution in [-0.2, 0) is 0 Å². The second kappa shape index (κ2) is 5.54. The van der Waals surface area contributed by atoms with Crippen LogP contribution in [0.2, 0.25) is 5.02 Å². The zero-order chi connectivity index (χ0) is 14.8. The quantitative estimate of drug-likeness (QED) is 0.769. The molecule has 0 saturated carbocycles. The van der Waals surface area contributed by atoms with Gasteiger partial charge < -0.3 is 9.84 Å². The molecule has 0 aliphatic heterocycles. The van der Waals surface area contributed by atoms with Crippen LogP contribution >= 0.6 is 11.6 Å². The van der Waals surface area contributed by atoms with Crippen LogP contribution in [0.4, 0.5) is 15.9 Å². The van der Waals surface area contributed by atoms with E-state index in [2.05, 4.69) is 15.5 Å². The molecule has 0 spiro atoms. The highest BCUT2D eigenvalue weighted by Gasteiger charge is 2.10. The van der Waals surface area contributed by atoms with E-state index in [0.29, 0.717) is 17.1 Å². The second-order valence-electron chi connectivity index (χ2n) is 4.45. The van der Waals surface area contributed by atoms with Crippen LogP contribution in [0.5, 0.6) is 0 Å². The summed E-state index contributed by atoms with van der Waals surface area (Å²) in [6.07, 6.45) is 1.50. The molecule has 3 rings (SSSR count). The third-order valence-corrected chi connectivity index (χ3v) is 3.37. The molecule has 0 fully saturated rings. The maximum atomic E-state index is 13.5. The van der Waals surface area contributed by atoms with E-state index in [1.54, 1.807) is 24.3 Å². The SMILES string of the molecule is Cc1nocc1Nc1cccc(-c2cccc(F)c2Cl)n1. The van der Waals surface area contributed by atoms with Gasteiger partial charge in [0.05, 0.1) is 10.7 Å². The molecule has 21 heavy (non-hydrogen) atoms. The molecule has 3 aromatic rings. The number of nitrogens with zero attached hydrogens (tertiary/aromatic N) is 2. The van der Waals surface area contributed by atoms with Gasteiger partial charge in [0, 0.05) is 5.56 Å². The second-order valence-corrected chi connectivity index (χ2v) is 4.83. The van der Waals surface area contributed by atoms with E-state index in [0.717, 1.165) is 11.4 Å². The average molecular weight is 304 g/mol. The van der Waals surface area contributed by atoms with E-state index in [4.69, 9.17) is 16.1 Å². The van der Waals surface area contributed by atoms with Crippen molar-refractivity contribution in [2.45, 2.75) is 6.92 Å². The highest BCUT2D eigenvalue weighted by atomic mass is 35.5. The summed E-state index contributed by atoms with van der Waals surface area (Å²) in [5.74, 6) is 0.128. The van der Waals surface area contributed by atoms with Crippen LogP contribution in [-0.4, -0.2) is 10.1 Å². The number of pyridine rings is 1. The van der Waals surface area contributed by atoms with Gasteiger partial charge in [0.25, 0.3) is 0 Å². The Morgan fingerprint density at radius 1 is 1.19 bits per heavy atom. The van der Waals surface area contributed by atoms with Gasteiger partial charge in [0.1, 0.15) is 29.3 Å². The monoisotopic (exact) mass is 303 g/mol. The van der Waals surface area contributed by atoms with Gasteiger partial charge in [-0.2, -0.15) is 0 Å². The van der Waals surface area contributed by atoms with Crippen LogP contribution in [0, 0.1) is 12.7 Å². The lowest BCUT2D eigenvalue weighted by Gasteiger charge is -2.08. The fourth-order valence-corrected chi connectivity index (χ4v) is 2.13. The van der Waals surface area contributed by atoms with Crippen molar-refractivity contribution in [3.05, 3.63) is 59.2 Å². The molecule has 0 unspecified atom stereocenters. The molecule has 0 radical (unpaired) electrons. The molecule has 2 aromatic heterocycles. The van der Waals surface area contributed by atoms with E-state index >= 15 is 0 Å². The van der Waals surface area contributed by atoms with Crippen molar-refractivity contribution < 1.29 is 8.91 Å². The van der Waals surface area contributed by atoms with Gasteiger partial charge in [-0.25, -0.2) is 9.37 Å². The van der Waals surface area contributed by atoms with E-state index in [-0.39, 0.29) is 5.02 Å². The minimum atomic E-state index is -0.468. The molecular formula is C15H11ClFN3O. The van der Waals surface area contributed by atoms with Gasteiger partial charge in [0.15, 0.2) is 0 Å². The maximum absolute atomic E-state index is 13.5. The number of benzene rings is 1. The molecule has 0 aliphatic rings. The Hall–Kier alpha value is -2.40. The highest BCUT2D eigenvalue weighted by molar-refractivity contribution is 6.33. The van der Waals surface area contributed by atoms with Crippen LogP contribution < -0.4 is 5.32 Å². The Bertz CT molecular complexity index is 788. The number of hydrogen-bond acceptors (Lipinski definition) is 4. The molecule has 106 valence electrons. The molecule has 0 amide bonds. The summed E-state index contributed by atoms with van der Waals surface area (Å²) >= 11 is 5.99. The van der Waals surface area contributed by atoms with E-state index in [1.165, 1.54) is 12.3 Å². The first-order valence-corrected chi connectivity index (χ1v) is 6.62. The first-order chi connectivity index (χ1) is 10.1. The van der Waals surface area contributed by atoms with Gasteiger partial charge in [-0.1, -0.05) is 35.0 Å². The number of aromatic nitrogens is 2. The predicted octanol–water partition coefficient (Wildman–Crippen LogP) is 4.58. The highest BCUT2D eigenvalue weighted by Crippen LogP contribution is 2.29. The van der Waals surface area contributed by atoms with E-state index < -0.39 is 5.82 Å². The fourth-order valence-electron chi connectivity index (χ4n) is 1.91. The predicted molar refractivity (Wildman–Crippen MR) is 79.2 cm³/mol. The Kier molecular flexibility index (Phi) is 3.58. The van der Waals surface area contributed by atoms with Gasteiger partial charge in [-0.05, 0) is 25.1 Å². The Balaban J connectivity index is 1.97. The lowest BCUT2D eigenvalue weighted by Crippen LogP contribution is -1.95. The zero-order valence-electron chi connectivity index (χ0n) is 11.1. The number of nitrogens with one attached hydrogen (secondary N) is 1. The summed E-state index contributed by atoms with van der Waals surface area (Å²) in [4.78, 5) is 4.43. The van der Waals surface area contributed by atoms with Gasteiger partial charge in [0.2, 0.25) is 0 Å². The molecule has 0 bridgehead atoms. The van der Waals surface area contributed by atoms with Crippen molar-refractivity contribution in [2.75, 3.05) is 5.32 Å². The Morgan fingerprint density at radius 2 is 2.00 bits per heavy atom. The lowest BCUT2D eigenvalue weighted by atomic mass is 10.1. The van der Waals surface area contributed by atoms with Gasteiger partial charge >= 0.3 is 0 Å². The molecule has 1 N–H and O–H groups in total. The number of rotatable bonds is 3. The minimum Gasteiger partial charge on any atom is -0.362 e. The number of anilines is 2. The van der Waals surface area contributed by atoms with Gasteiger partial charge in [-0.3, -0.25) is 0 Å². The Morgan fingerprint density at radius 3 is 2.76 bits per heavy atom. The molecule has 4 nitrogen and oxygen atoms in total. The number of hydrogen-bond donors (Lipinski definition) is 1. The number of aryl methyl sites for hydroxylation is 1. The van der Waals surface area contributed by atoms with Crippen molar-refractivity contribution in [3.8, 4) is 11.3 Å². The molecule has 2 heterocycles. The smallest absolute Gasteiger partial charge is 0.147 e. The van der Waals surface area contributed by atoms with Crippen molar-refractivity contribution in [2.24, 2.45) is 0 Å². The summed E-state index contributed by atoms with van der Waals surface area (Å²) in [7, 11) is 0. The molecule has 1 aromatic carbocycles. The third-order valence-electron chi connectivity index (χ3n) is 2.99. The first kappa shape index (κ1) is 13.6. The zero-order valence-corrected chi connectivity index (χ0v) is 11.9. The lowest BCUT2D eigenvalue weighted by molar-refractivity contribution is 0.415. The van der Waals surface area contributed by atoms with Crippen molar-refractivity contribution in [1.29, 1.82) is 0 Å². The van der Waals surface area contributed by atoms with E-state index in [1.807, 2.05) is 13.0 Å². The normalized spacial score (nSPS) is 10.6. The minimum absolute atomic E-state index is 0.0586. The largest absolute Gasteiger partial charge is 0.362 e. The number of halogens is 2. The molecule has 0 aliphatic carbocycles. The van der Waals surface area contributed by atoms with Crippen molar-refractivity contribution in [3.63, 3.8) is 0 Å². The summed E-state index contributed by atoms with van der Waals surface area (Å²) in [5.41, 5.74) is 2.58. The van der Waals surface area contributed by atoms with Crippen LogP contribution in [0.3, 0.4) is 0 Å². The fraction of sp³-hybridized carbons (Fsp3) is 0.0667. The molecular weight excluding hydrogens is 293 g/mol. The summed E-state index contributed by atoms with van der Waals surface area (Å²) < 4.78 is 18.4. The van der Waals surface area contributed by atoms with Crippen LogP contribution in [0.25, 0.3) is 11.3 Å². The Labute approximate surface area is 125 Å². The summed E-state index contributed by atoms with van der Waals surface area (Å²) in [6, 6.07) is 10.0. The van der Waals surface area contributed by atoms with Crippen LogP contribution in [0.1, 0.15) is 5.69 Å². The van der Waals surface area contributed by atoms with Gasteiger partial charge in [-0.15, -0.1) is 0 Å². The van der Waals surface area contributed by atoms with Crippen molar-refractivity contribution >= 4 is 23.1 Å². The molecule has 6 heteroatoms. The summed E-state index contributed by atoms with van der Waals surface area (Å²) in [5, 5.41) is 6.93.